The first-order valence-electron chi connectivity index (χ1n) is 10.4. The second kappa shape index (κ2) is 7.43. The Bertz CT molecular complexity index is 1100. The van der Waals surface area contributed by atoms with Crippen molar-refractivity contribution in [1.29, 1.82) is 0 Å². The molecule has 1 fully saturated rings. The lowest BCUT2D eigenvalue weighted by atomic mass is 9.83. The first kappa shape index (κ1) is 19.1. The molecule has 0 bridgehead atoms. The number of carbonyl (C=O) groups is 1. The van der Waals surface area contributed by atoms with E-state index in [1.165, 1.54) is 12.1 Å². The molecule has 4 heterocycles. The summed E-state index contributed by atoms with van der Waals surface area (Å²) in [6, 6.07) is 4.45. The van der Waals surface area contributed by atoms with Gasteiger partial charge in [-0.15, -0.1) is 0 Å². The van der Waals surface area contributed by atoms with E-state index >= 15 is 0 Å². The summed E-state index contributed by atoms with van der Waals surface area (Å²) in [7, 11) is 0. The molecule has 5 rings (SSSR count). The van der Waals surface area contributed by atoms with Crippen molar-refractivity contribution >= 4 is 16.9 Å². The zero-order chi connectivity index (χ0) is 20.7. The molecular formula is C22H24FN5O2. The highest BCUT2D eigenvalue weighted by Gasteiger charge is 2.43. The monoisotopic (exact) mass is 409 g/mol. The normalized spacial score (nSPS) is 18.0. The van der Waals surface area contributed by atoms with E-state index in [0.29, 0.717) is 49.4 Å². The molecule has 7 nitrogen and oxygen atoms in total. The van der Waals surface area contributed by atoms with Crippen LogP contribution in [0, 0.1) is 12.7 Å². The van der Waals surface area contributed by atoms with Gasteiger partial charge in [0.25, 0.3) is 0 Å². The molecule has 3 aromatic rings. The van der Waals surface area contributed by atoms with Gasteiger partial charge in [-0.05, 0) is 49.9 Å². The summed E-state index contributed by atoms with van der Waals surface area (Å²) in [4.78, 5) is 31.2. The fraction of sp³-hybridized carbons (Fsp3) is 0.455. The Kier molecular flexibility index (Phi) is 4.73. The average Bonchev–Trinajstić information content (AvgIpc) is 3.15. The third-order valence-corrected chi connectivity index (χ3v) is 6.16. The van der Waals surface area contributed by atoms with Gasteiger partial charge in [0.2, 0.25) is 5.91 Å². The van der Waals surface area contributed by atoms with Crippen molar-refractivity contribution in [3.8, 4) is 0 Å². The highest BCUT2D eigenvalue weighted by molar-refractivity contribution is 5.77. The number of aryl methyl sites for hydroxylation is 2. The van der Waals surface area contributed by atoms with Crippen LogP contribution < -0.4 is 0 Å². The Morgan fingerprint density at radius 2 is 2.13 bits per heavy atom. The van der Waals surface area contributed by atoms with E-state index in [1.807, 2.05) is 18.0 Å². The number of nitrogens with one attached hydrogen (secondary N) is 1. The number of likely N-dealkylation sites (tertiary alicyclic amines) is 1. The topological polar surface area (TPSA) is 84.0 Å². The van der Waals surface area contributed by atoms with Crippen molar-refractivity contribution in [3.05, 3.63) is 53.1 Å². The number of fused-ring (bicyclic) bond motifs is 3. The molecule has 0 aliphatic carbocycles. The van der Waals surface area contributed by atoms with Crippen LogP contribution in [0.25, 0.3) is 11.0 Å². The summed E-state index contributed by atoms with van der Waals surface area (Å²) in [6.07, 6.45) is 5.11. The highest BCUT2D eigenvalue weighted by Crippen LogP contribution is 2.40. The van der Waals surface area contributed by atoms with Crippen molar-refractivity contribution in [1.82, 2.24) is 24.8 Å². The predicted octanol–water partition coefficient (Wildman–Crippen LogP) is 2.82. The van der Waals surface area contributed by atoms with Gasteiger partial charge in [-0.2, -0.15) is 0 Å². The highest BCUT2D eigenvalue weighted by atomic mass is 19.1. The SMILES string of the molecule is Cc1ncc2c(n1)C1(CCN(C(=O)CCc3nc4ccc(F)cc4[nH]3)CC1)OCC2. The predicted molar refractivity (Wildman–Crippen MR) is 108 cm³/mol. The maximum Gasteiger partial charge on any atom is 0.223 e. The van der Waals surface area contributed by atoms with Crippen molar-refractivity contribution < 1.29 is 13.9 Å². The van der Waals surface area contributed by atoms with Gasteiger partial charge < -0.3 is 14.6 Å². The third kappa shape index (κ3) is 3.45. The Morgan fingerprint density at radius 3 is 2.97 bits per heavy atom. The van der Waals surface area contributed by atoms with E-state index in [2.05, 4.69) is 19.9 Å². The molecule has 2 aliphatic heterocycles. The maximum absolute atomic E-state index is 13.3. The lowest BCUT2D eigenvalue weighted by Gasteiger charge is -2.44. The van der Waals surface area contributed by atoms with Crippen LogP contribution >= 0.6 is 0 Å². The van der Waals surface area contributed by atoms with E-state index in [0.717, 1.165) is 36.3 Å². The number of hydrogen-bond acceptors (Lipinski definition) is 5. The molecular weight excluding hydrogens is 385 g/mol. The van der Waals surface area contributed by atoms with Crippen LogP contribution in [0.5, 0.6) is 0 Å². The van der Waals surface area contributed by atoms with Gasteiger partial charge in [-0.25, -0.2) is 19.3 Å². The number of H-pyrrole nitrogens is 1. The van der Waals surface area contributed by atoms with E-state index in [9.17, 15) is 9.18 Å². The van der Waals surface area contributed by atoms with E-state index in [1.54, 1.807) is 6.07 Å². The van der Waals surface area contributed by atoms with Gasteiger partial charge in [0.05, 0.1) is 23.3 Å². The first-order chi connectivity index (χ1) is 14.5. The zero-order valence-electron chi connectivity index (χ0n) is 16.9. The van der Waals surface area contributed by atoms with Gasteiger partial charge >= 0.3 is 0 Å². The minimum Gasteiger partial charge on any atom is -0.368 e. The number of hydrogen-bond donors (Lipinski definition) is 1. The van der Waals surface area contributed by atoms with E-state index in [-0.39, 0.29) is 11.7 Å². The molecule has 8 heteroatoms. The molecule has 1 amide bonds. The number of aromatic amines is 1. The number of piperidine rings is 1. The fourth-order valence-corrected chi connectivity index (χ4v) is 4.53. The van der Waals surface area contributed by atoms with E-state index < -0.39 is 5.60 Å². The van der Waals surface area contributed by atoms with Gasteiger partial charge in [0.1, 0.15) is 23.1 Å². The molecule has 1 spiro atoms. The van der Waals surface area contributed by atoms with Gasteiger partial charge in [0.15, 0.2) is 0 Å². The van der Waals surface area contributed by atoms with Crippen molar-refractivity contribution in [2.24, 2.45) is 0 Å². The van der Waals surface area contributed by atoms with Gasteiger partial charge in [-0.3, -0.25) is 4.79 Å². The fourth-order valence-electron chi connectivity index (χ4n) is 4.53. The summed E-state index contributed by atoms with van der Waals surface area (Å²) >= 11 is 0. The quantitative estimate of drug-likeness (QED) is 0.719. The second-order valence-electron chi connectivity index (χ2n) is 8.11. The molecule has 30 heavy (non-hydrogen) atoms. The van der Waals surface area contributed by atoms with Gasteiger partial charge in [-0.1, -0.05) is 0 Å². The molecule has 2 aromatic heterocycles. The van der Waals surface area contributed by atoms with Crippen LogP contribution in [0.2, 0.25) is 0 Å². The molecule has 2 aliphatic rings. The van der Waals surface area contributed by atoms with Gasteiger partial charge in [0, 0.05) is 32.1 Å². The van der Waals surface area contributed by atoms with Crippen LogP contribution in [-0.2, 0) is 28.0 Å². The van der Waals surface area contributed by atoms with Crippen LogP contribution in [0.4, 0.5) is 4.39 Å². The van der Waals surface area contributed by atoms with Crippen LogP contribution in [0.3, 0.4) is 0 Å². The van der Waals surface area contributed by atoms with Crippen molar-refractivity contribution in [2.45, 2.75) is 44.6 Å². The number of carbonyl (C=O) groups excluding carboxylic acids is 1. The number of imidazole rings is 1. The standard InChI is InChI=1S/C22H24FN5O2/c1-14-24-13-15-6-11-30-22(21(15)25-14)7-9-28(10-8-22)20(29)5-4-19-26-17-3-2-16(23)12-18(17)27-19/h2-3,12-13H,4-11H2,1H3,(H,26,27). The summed E-state index contributed by atoms with van der Waals surface area (Å²) in [5.41, 5.74) is 3.13. The molecule has 1 N–H and O–H groups in total. The maximum atomic E-state index is 13.3. The summed E-state index contributed by atoms with van der Waals surface area (Å²) < 4.78 is 19.6. The first-order valence-corrected chi connectivity index (χ1v) is 10.4. The number of nitrogens with zero attached hydrogens (tertiary/aromatic N) is 4. The number of amides is 1. The minimum atomic E-state index is -0.402. The number of ether oxygens (including phenoxy) is 1. The van der Waals surface area contributed by atoms with Crippen LogP contribution in [0.1, 0.15) is 42.2 Å². The van der Waals surface area contributed by atoms with Crippen molar-refractivity contribution in [2.75, 3.05) is 19.7 Å². The smallest absolute Gasteiger partial charge is 0.223 e. The molecule has 1 aromatic carbocycles. The van der Waals surface area contributed by atoms with E-state index in [4.69, 9.17) is 4.74 Å². The molecule has 0 unspecified atom stereocenters. The average molecular weight is 409 g/mol. The molecule has 0 atom stereocenters. The second-order valence-corrected chi connectivity index (χ2v) is 8.11. The van der Waals surface area contributed by atoms with Crippen LogP contribution in [-0.4, -0.2) is 50.4 Å². The number of halogens is 1. The molecule has 0 radical (unpaired) electrons. The largest absolute Gasteiger partial charge is 0.368 e. The minimum absolute atomic E-state index is 0.103. The Labute approximate surface area is 173 Å². The molecule has 0 saturated carbocycles. The summed E-state index contributed by atoms with van der Waals surface area (Å²) in [6.45, 7) is 3.85. The third-order valence-electron chi connectivity index (χ3n) is 6.16. The summed E-state index contributed by atoms with van der Waals surface area (Å²) in [5.74, 6) is 1.26. The Balaban J connectivity index is 1.22. The Morgan fingerprint density at radius 1 is 1.30 bits per heavy atom. The number of aromatic nitrogens is 4. The van der Waals surface area contributed by atoms with Crippen LogP contribution in [0.15, 0.2) is 24.4 Å². The van der Waals surface area contributed by atoms with Crippen molar-refractivity contribution in [3.63, 3.8) is 0 Å². The lowest BCUT2D eigenvalue weighted by Crippen LogP contribution is -2.49. The number of benzene rings is 1. The molecule has 1 saturated heterocycles. The number of rotatable bonds is 3. The zero-order valence-corrected chi connectivity index (χ0v) is 16.9. The lowest BCUT2D eigenvalue weighted by molar-refractivity contribution is -0.141. The molecule has 156 valence electrons. The summed E-state index contributed by atoms with van der Waals surface area (Å²) in [5, 5.41) is 0. The Hall–Kier alpha value is -2.87.